The monoisotopic (exact) mass is 983 g/mol. The van der Waals surface area contributed by atoms with Gasteiger partial charge in [0.25, 0.3) is 14.4 Å². The second-order valence-electron chi connectivity index (χ2n) is 18.5. The Kier molecular flexibility index (Phi) is 18.4. The molecule has 0 radical (unpaired) electrons. The van der Waals surface area contributed by atoms with Crippen molar-refractivity contribution in [2.24, 2.45) is 5.92 Å². The zero-order valence-corrected chi connectivity index (χ0v) is 42.9. The van der Waals surface area contributed by atoms with Crippen molar-refractivity contribution in [3.05, 3.63) is 144 Å². The largest absolute Gasteiger partial charge is 0.497 e. The molecule has 0 spiro atoms. The minimum absolute atomic E-state index is 0.0582. The van der Waals surface area contributed by atoms with Crippen molar-refractivity contribution in [1.29, 1.82) is 5.26 Å². The van der Waals surface area contributed by atoms with Crippen LogP contribution >= 0.6 is 8.53 Å². The number of fused-ring (bicyclic) bond motifs is 1. The first kappa shape index (κ1) is 52.7. The van der Waals surface area contributed by atoms with Gasteiger partial charge in [-0.1, -0.05) is 80.6 Å². The quantitative estimate of drug-likeness (QED) is 0.0327. The fraction of sp³-hybridized carbons (Fsp3) is 0.418. The third-order valence-electron chi connectivity index (χ3n) is 12.5. The predicted molar refractivity (Wildman–Crippen MR) is 274 cm³/mol. The Labute approximate surface area is 418 Å². The van der Waals surface area contributed by atoms with E-state index in [0.717, 1.165) is 28.7 Å². The van der Waals surface area contributed by atoms with Crippen LogP contribution in [0.3, 0.4) is 0 Å². The maximum atomic E-state index is 13.6. The average molecular weight is 984 g/mol. The van der Waals surface area contributed by atoms with Crippen molar-refractivity contribution in [1.82, 2.24) is 24.2 Å². The Morgan fingerprint density at radius 2 is 1.48 bits per heavy atom. The van der Waals surface area contributed by atoms with Crippen LogP contribution in [0.25, 0.3) is 11.2 Å². The highest BCUT2D eigenvalue weighted by Crippen LogP contribution is 2.51. The lowest BCUT2D eigenvalue weighted by atomic mass is 9.80. The molecule has 0 saturated carbocycles. The molecular weight excluding hydrogens is 918 g/mol. The molecule has 0 bridgehead atoms. The molecule has 7 rings (SSSR count). The summed E-state index contributed by atoms with van der Waals surface area (Å²) in [5.41, 5.74) is 3.73. The number of amides is 1. The normalized spacial score (nSPS) is 16.5. The first-order chi connectivity index (χ1) is 34.3. The Morgan fingerprint density at radius 1 is 0.845 bits per heavy atom. The van der Waals surface area contributed by atoms with E-state index in [4.69, 9.17) is 33.0 Å². The van der Waals surface area contributed by atoms with Gasteiger partial charge in [0.2, 0.25) is 0 Å². The topological polar surface area (TPSA) is 172 Å². The van der Waals surface area contributed by atoms with E-state index in [-0.39, 0.29) is 49.2 Å². The van der Waals surface area contributed by atoms with Gasteiger partial charge in [-0.3, -0.25) is 14.2 Å². The Hall–Kier alpha value is -6.11. The SMILES string of the molecule is COc1ccc(C(OC[C@H]2O[C@@H](n3cnc4c(NC(=O)c5ccc(CCC(=O)CCC(C)C)cc5)ncnc43)C[C@H]2OP(OCCC#N)N(C(C)C)C(C)C)(c2ccccc2)c2ccc(OC)cc2)cc1. The van der Waals surface area contributed by atoms with Crippen LogP contribution in [0.4, 0.5) is 5.82 Å². The lowest BCUT2D eigenvalue weighted by Gasteiger charge is -2.39. The maximum Gasteiger partial charge on any atom is 0.259 e. The van der Waals surface area contributed by atoms with Crippen LogP contribution in [0, 0.1) is 17.2 Å². The van der Waals surface area contributed by atoms with Gasteiger partial charge < -0.3 is 33.3 Å². The van der Waals surface area contributed by atoms with Crippen LogP contribution in [0.5, 0.6) is 11.5 Å². The van der Waals surface area contributed by atoms with Crippen LogP contribution in [0.1, 0.15) is 112 Å². The van der Waals surface area contributed by atoms with E-state index in [2.05, 4.69) is 79.7 Å². The van der Waals surface area contributed by atoms with Gasteiger partial charge in [-0.25, -0.2) is 19.6 Å². The molecule has 1 aliphatic heterocycles. The highest BCUT2D eigenvalue weighted by Gasteiger charge is 2.45. The summed E-state index contributed by atoms with van der Waals surface area (Å²) in [6.45, 7) is 12.9. The van der Waals surface area contributed by atoms with Gasteiger partial charge in [0.1, 0.15) is 41.5 Å². The highest BCUT2D eigenvalue weighted by molar-refractivity contribution is 7.44. The Bertz CT molecular complexity index is 2640. The predicted octanol–water partition coefficient (Wildman–Crippen LogP) is 11.0. The van der Waals surface area contributed by atoms with Gasteiger partial charge in [-0.05, 0) is 105 Å². The molecule has 1 N–H and O–H groups in total. The van der Waals surface area contributed by atoms with Crippen LogP contribution in [-0.2, 0) is 35.3 Å². The molecule has 1 unspecified atom stereocenters. The van der Waals surface area contributed by atoms with Crippen molar-refractivity contribution in [3.8, 4) is 17.6 Å². The number of ether oxygens (including phenoxy) is 4. The number of anilines is 1. The average Bonchev–Trinajstić information content (AvgIpc) is 4.00. The van der Waals surface area contributed by atoms with Crippen molar-refractivity contribution >= 4 is 37.2 Å². The summed E-state index contributed by atoms with van der Waals surface area (Å²) in [6, 6.07) is 35.4. The molecule has 1 fully saturated rings. The van der Waals surface area contributed by atoms with Crippen molar-refractivity contribution < 1.29 is 37.6 Å². The molecule has 16 heteroatoms. The number of carbonyl (C=O) groups excluding carboxylic acids is 2. The van der Waals surface area contributed by atoms with E-state index < -0.39 is 32.6 Å². The van der Waals surface area contributed by atoms with E-state index in [1.54, 1.807) is 32.7 Å². The summed E-state index contributed by atoms with van der Waals surface area (Å²) in [4.78, 5) is 39.8. The summed E-state index contributed by atoms with van der Waals surface area (Å²) in [5.74, 6) is 2.03. The molecule has 0 aliphatic carbocycles. The zero-order chi connectivity index (χ0) is 50.5. The van der Waals surface area contributed by atoms with E-state index >= 15 is 0 Å². The van der Waals surface area contributed by atoms with Crippen LogP contribution in [0.15, 0.2) is 116 Å². The number of aromatic nitrogens is 4. The second-order valence-corrected chi connectivity index (χ2v) is 19.9. The molecule has 1 saturated heterocycles. The minimum Gasteiger partial charge on any atom is -0.497 e. The number of ketones is 1. The van der Waals surface area contributed by atoms with E-state index in [1.807, 2.05) is 83.4 Å². The molecule has 15 nitrogen and oxygen atoms in total. The number of benzene rings is 4. The third-order valence-corrected chi connectivity index (χ3v) is 14.7. The number of rotatable bonds is 25. The number of hydrogen-bond donors (Lipinski definition) is 1. The van der Waals surface area contributed by atoms with Crippen LogP contribution in [-0.4, -0.2) is 87.6 Å². The molecule has 2 aromatic heterocycles. The van der Waals surface area contributed by atoms with E-state index in [9.17, 15) is 14.9 Å². The molecule has 3 heterocycles. The maximum absolute atomic E-state index is 13.6. The van der Waals surface area contributed by atoms with E-state index in [0.29, 0.717) is 59.8 Å². The smallest absolute Gasteiger partial charge is 0.259 e. The number of nitrogens with zero attached hydrogens (tertiary/aromatic N) is 6. The fourth-order valence-electron chi connectivity index (χ4n) is 8.84. The van der Waals surface area contributed by atoms with Crippen molar-refractivity contribution in [2.75, 3.05) is 32.8 Å². The van der Waals surface area contributed by atoms with Gasteiger partial charge in [0, 0.05) is 36.9 Å². The third kappa shape index (κ3) is 12.9. The number of carbonyl (C=O) groups is 2. The lowest BCUT2D eigenvalue weighted by Crippen LogP contribution is -2.39. The van der Waals surface area contributed by atoms with Crippen molar-refractivity contribution in [3.63, 3.8) is 0 Å². The first-order valence-corrected chi connectivity index (χ1v) is 25.5. The first-order valence-electron chi connectivity index (χ1n) is 24.3. The van der Waals surface area contributed by atoms with Gasteiger partial charge in [0.05, 0.1) is 52.4 Å². The standard InChI is InChI=1S/C55H66N7O8P/c1-37(2)15-25-45(63)26-18-40-16-19-41(20-17-40)54(64)60-52-51-53(58-35-57-52)61(36-59-51)50-33-48(70-71(68-32-12-31-56)62(38(3)4)39(5)6)49(69-50)34-67-55(42-13-10-9-11-14-42,43-21-27-46(65-7)28-22-43)44-23-29-47(66-8)30-24-44/h9-11,13-14,16-17,19-24,27-30,35-39,48-50H,12,15,18,25-26,32-34H2,1-8H3,(H,57,58,60,64)/t48-,49-,50-,71?/m1/s1. The van der Waals surface area contributed by atoms with Crippen LogP contribution < -0.4 is 14.8 Å². The van der Waals surface area contributed by atoms with Gasteiger partial charge in [0.15, 0.2) is 17.0 Å². The number of Topliss-reactive ketones (excluding diaryl/α,β-unsaturated/α-hetero) is 1. The molecule has 374 valence electrons. The number of imidazole rings is 1. The Morgan fingerprint density at radius 3 is 2.07 bits per heavy atom. The summed E-state index contributed by atoms with van der Waals surface area (Å²) < 4.78 is 43.2. The van der Waals surface area contributed by atoms with Crippen molar-refractivity contribution in [2.45, 2.75) is 116 Å². The summed E-state index contributed by atoms with van der Waals surface area (Å²) in [5, 5.41) is 12.4. The summed E-state index contributed by atoms with van der Waals surface area (Å²) >= 11 is 0. The minimum atomic E-state index is -1.69. The van der Waals surface area contributed by atoms with Crippen LogP contribution in [0.2, 0.25) is 0 Å². The van der Waals surface area contributed by atoms with E-state index in [1.165, 1.54) is 6.33 Å². The fourth-order valence-corrected chi connectivity index (χ4v) is 10.6. The molecule has 1 aliphatic rings. The lowest BCUT2D eigenvalue weighted by molar-refractivity contribution is -0.119. The molecule has 6 aromatic rings. The summed E-state index contributed by atoms with van der Waals surface area (Å²) in [7, 11) is 1.59. The highest BCUT2D eigenvalue weighted by atomic mass is 31.2. The number of nitriles is 1. The Balaban J connectivity index is 1.20. The van der Waals surface area contributed by atoms with Gasteiger partial charge >= 0.3 is 0 Å². The molecule has 4 atom stereocenters. The molecule has 1 amide bonds. The molecular formula is C55H66N7O8P. The number of nitrogens with one attached hydrogen (secondary N) is 1. The van der Waals surface area contributed by atoms with Gasteiger partial charge in [-0.2, -0.15) is 5.26 Å². The molecule has 4 aromatic carbocycles. The zero-order valence-electron chi connectivity index (χ0n) is 42.0. The second kappa shape index (κ2) is 24.8. The molecule has 71 heavy (non-hydrogen) atoms. The number of aryl methyl sites for hydroxylation is 1. The number of methoxy groups -OCH3 is 2. The van der Waals surface area contributed by atoms with Gasteiger partial charge in [-0.15, -0.1) is 0 Å². The summed E-state index contributed by atoms with van der Waals surface area (Å²) in [6.07, 6.45) is 4.27. The number of hydrogen-bond acceptors (Lipinski definition) is 13.